The number of hydrogen-bond acceptors (Lipinski definition) is 5. The second kappa shape index (κ2) is 9.46. The van der Waals surface area contributed by atoms with Gasteiger partial charge in [0.2, 0.25) is 0 Å². The molecule has 0 saturated heterocycles. The molecule has 1 fully saturated rings. The van der Waals surface area contributed by atoms with Crippen molar-refractivity contribution in [1.82, 2.24) is 5.32 Å². The molecular formula is C20H29NO5. The lowest BCUT2D eigenvalue weighted by Crippen LogP contribution is -2.45. The van der Waals surface area contributed by atoms with Gasteiger partial charge in [-0.15, -0.1) is 0 Å². The summed E-state index contributed by atoms with van der Waals surface area (Å²) in [6, 6.07) is 4.97. The largest absolute Gasteiger partial charge is 0.493 e. The van der Waals surface area contributed by atoms with Crippen LogP contribution in [0.15, 0.2) is 18.2 Å². The molecule has 3 atom stereocenters. The summed E-state index contributed by atoms with van der Waals surface area (Å²) >= 11 is 0. The number of esters is 1. The highest BCUT2D eigenvalue weighted by Crippen LogP contribution is 2.28. The zero-order chi connectivity index (χ0) is 19.1. The van der Waals surface area contributed by atoms with E-state index in [-0.39, 0.29) is 11.9 Å². The maximum Gasteiger partial charge on any atom is 0.339 e. The van der Waals surface area contributed by atoms with E-state index >= 15 is 0 Å². The van der Waals surface area contributed by atoms with Crippen LogP contribution >= 0.6 is 0 Å². The van der Waals surface area contributed by atoms with E-state index in [9.17, 15) is 9.59 Å². The molecule has 1 saturated carbocycles. The third-order valence-electron chi connectivity index (χ3n) is 4.79. The lowest BCUT2D eigenvalue weighted by atomic mass is 9.86. The van der Waals surface area contributed by atoms with Gasteiger partial charge in [-0.1, -0.05) is 19.8 Å². The number of rotatable bonds is 7. The Balaban J connectivity index is 1.96. The zero-order valence-electron chi connectivity index (χ0n) is 16.0. The lowest BCUT2D eigenvalue weighted by Gasteiger charge is -2.30. The average Bonchev–Trinajstić information content (AvgIpc) is 2.64. The number of carbonyl (C=O) groups is 2. The van der Waals surface area contributed by atoms with Crippen LogP contribution in [0.1, 0.15) is 56.8 Å². The Bertz CT molecular complexity index is 631. The van der Waals surface area contributed by atoms with Crippen molar-refractivity contribution in [1.29, 1.82) is 0 Å². The summed E-state index contributed by atoms with van der Waals surface area (Å²) in [5, 5.41) is 3.01. The summed E-state index contributed by atoms with van der Waals surface area (Å²) in [6.45, 7) is 6.10. The van der Waals surface area contributed by atoms with Crippen LogP contribution in [-0.2, 0) is 9.53 Å². The van der Waals surface area contributed by atoms with Crippen molar-refractivity contribution in [2.75, 3.05) is 13.7 Å². The van der Waals surface area contributed by atoms with Crippen molar-refractivity contribution in [3.8, 4) is 11.5 Å². The van der Waals surface area contributed by atoms with Crippen molar-refractivity contribution in [3.63, 3.8) is 0 Å². The predicted octanol–water partition coefficient (Wildman–Crippen LogP) is 3.33. The number of hydrogen-bond donors (Lipinski definition) is 1. The summed E-state index contributed by atoms with van der Waals surface area (Å²) in [5.74, 6) is 0.643. The van der Waals surface area contributed by atoms with Crippen molar-refractivity contribution >= 4 is 11.9 Å². The molecule has 0 aromatic heterocycles. The third-order valence-corrected chi connectivity index (χ3v) is 4.79. The number of ether oxygens (including phenoxy) is 3. The maximum atomic E-state index is 12.4. The summed E-state index contributed by atoms with van der Waals surface area (Å²) in [7, 11) is 1.51. The molecule has 1 aliphatic rings. The Kier molecular flexibility index (Phi) is 7.30. The highest BCUT2D eigenvalue weighted by atomic mass is 16.5. The predicted molar refractivity (Wildman–Crippen MR) is 98.6 cm³/mol. The van der Waals surface area contributed by atoms with E-state index in [0.29, 0.717) is 29.6 Å². The van der Waals surface area contributed by atoms with Crippen LogP contribution in [0.5, 0.6) is 11.5 Å². The second-order valence-corrected chi connectivity index (χ2v) is 6.72. The molecule has 0 aliphatic heterocycles. The first kappa shape index (κ1) is 20.1. The van der Waals surface area contributed by atoms with E-state index in [2.05, 4.69) is 12.2 Å². The van der Waals surface area contributed by atoms with Crippen molar-refractivity contribution in [2.45, 2.75) is 58.6 Å². The van der Waals surface area contributed by atoms with Crippen LogP contribution in [0.3, 0.4) is 0 Å². The molecule has 26 heavy (non-hydrogen) atoms. The quantitative estimate of drug-likeness (QED) is 0.752. The van der Waals surface area contributed by atoms with Gasteiger partial charge in [0.1, 0.15) is 0 Å². The van der Waals surface area contributed by atoms with E-state index in [4.69, 9.17) is 14.2 Å². The molecule has 144 valence electrons. The van der Waals surface area contributed by atoms with Gasteiger partial charge in [-0.25, -0.2) is 4.79 Å². The molecule has 2 rings (SSSR count). The Morgan fingerprint density at radius 1 is 1.23 bits per heavy atom. The summed E-state index contributed by atoms with van der Waals surface area (Å²) in [6.07, 6.45) is 3.57. The molecule has 1 N–H and O–H groups in total. The van der Waals surface area contributed by atoms with Crippen LogP contribution in [-0.4, -0.2) is 37.7 Å². The van der Waals surface area contributed by atoms with E-state index in [1.165, 1.54) is 13.5 Å². The minimum Gasteiger partial charge on any atom is -0.493 e. The smallest absolute Gasteiger partial charge is 0.339 e. The van der Waals surface area contributed by atoms with Gasteiger partial charge < -0.3 is 19.5 Å². The number of carbonyl (C=O) groups excluding carboxylic acids is 2. The summed E-state index contributed by atoms with van der Waals surface area (Å²) < 4.78 is 16.0. The second-order valence-electron chi connectivity index (χ2n) is 6.72. The highest BCUT2D eigenvalue weighted by Gasteiger charge is 2.26. The molecule has 6 heteroatoms. The van der Waals surface area contributed by atoms with Gasteiger partial charge in [0, 0.05) is 6.04 Å². The molecule has 1 aliphatic carbocycles. The fourth-order valence-electron chi connectivity index (χ4n) is 3.18. The molecule has 1 aromatic carbocycles. The van der Waals surface area contributed by atoms with E-state index < -0.39 is 12.1 Å². The third kappa shape index (κ3) is 5.13. The van der Waals surface area contributed by atoms with E-state index in [1.807, 2.05) is 6.92 Å². The molecule has 0 radical (unpaired) electrons. The summed E-state index contributed by atoms with van der Waals surface area (Å²) in [5.41, 5.74) is 0.316. The molecule has 0 bridgehead atoms. The van der Waals surface area contributed by atoms with Crippen LogP contribution in [0.25, 0.3) is 0 Å². The molecule has 6 nitrogen and oxygen atoms in total. The van der Waals surface area contributed by atoms with Gasteiger partial charge in [-0.3, -0.25) is 4.79 Å². The number of nitrogens with one attached hydrogen (secondary N) is 1. The summed E-state index contributed by atoms with van der Waals surface area (Å²) in [4.78, 5) is 24.7. The van der Waals surface area contributed by atoms with E-state index in [0.717, 1.165) is 19.3 Å². The van der Waals surface area contributed by atoms with Crippen LogP contribution in [0.4, 0.5) is 0 Å². The lowest BCUT2D eigenvalue weighted by molar-refractivity contribution is -0.130. The van der Waals surface area contributed by atoms with Gasteiger partial charge in [-0.05, 0) is 50.8 Å². The van der Waals surface area contributed by atoms with Gasteiger partial charge >= 0.3 is 5.97 Å². The van der Waals surface area contributed by atoms with Crippen LogP contribution in [0.2, 0.25) is 0 Å². The van der Waals surface area contributed by atoms with Crippen molar-refractivity contribution < 1.29 is 23.8 Å². The van der Waals surface area contributed by atoms with Crippen molar-refractivity contribution in [2.24, 2.45) is 5.92 Å². The number of amides is 1. The number of methoxy groups -OCH3 is 1. The molecule has 0 unspecified atom stereocenters. The molecular weight excluding hydrogens is 334 g/mol. The first-order valence-electron chi connectivity index (χ1n) is 9.28. The molecule has 0 heterocycles. The monoisotopic (exact) mass is 363 g/mol. The highest BCUT2D eigenvalue weighted by molar-refractivity contribution is 5.92. The fraction of sp³-hybridized carbons (Fsp3) is 0.600. The van der Waals surface area contributed by atoms with Gasteiger partial charge in [0.15, 0.2) is 17.6 Å². The standard InChI is InChI=1S/C20H29NO5/c1-5-25-17-11-10-15(12-18(17)24-4)20(23)26-14(3)19(22)21-16-9-7-6-8-13(16)2/h10-14,16H,5-9H2,1-4H3,(H,21,22)/t13-,14+,16-/m0/s1. The molecule has 0 spiro atoms. The molecule has 1 aromatic rings. The SMILES string of the molecule is CCOc1ccc(C(=O)O[C@H](C)C(=O)N[C@H]2CCCC[C@@H]2C)cc1OC. The minimum absolute atomic E-state index is 0.156. The Hall–Kier alpha value is -2.24. The normalized spacial score (nSPS) is 20.8. The zero-order valence-corrected chi connectivity index (χ0v) is 16.0. The van der Waals surface area contributed by atoms with Gasteiger partial charge in [0.25, 0.3) is 5.91 Å². The van der Waals surface area contributed by atoms with Crippen molar-refractivity contribution in [3.05, 3.63) is 23.8 Å². The van der Waals surface area contributed by atoms with Gasteiger partial charge in [-0.2, -0.15) is 0 Å². The maximum absolute atomic E-state index is 12.4. The van der Waals surface area contributed by atoms with E-state index in [1.54, 1.807) is 25.1 Å². The fourth-order valence-corrected chi connectivity index (χ4v) is 3.18. The van der Waals surface area contributed by atoms with Gasteiger partial charge in [0.05, 0.1) is 19.3 Å². The van der Waals surface area contributed by atoms with Crippen LogP contribution < -0.4 is 14.8 Å². The Morgan fingerprint density at radius 3 is 2.62 bits per heavy atom. The average molecular weight is 363 g/mol. The topological polar surface area (TPSA) is 73.9 Å². The van der Waals surface area contributed by atoms with Crippen LogP contribution in [0, 0.1) is 5.92 Å². The Morgan fingerprint density at radius 2 is 1.96 bits per heavy atom. The first-order valence-corrected chi connectivity index (χ1v) is 9.28. The minimum atomic E-state index is -0.853. The first-order chi connectivity index (χ1) is 12.5. The Labute approximate surface area is 155 Å². The number of benzene rings is 1. The molecule has 1 amide bonds.